The fourth-order valence-corrected chi connectivity index (χ4v) is 3.63. The summed E-state index contributed by atoms with van der Waals surface area (Å²) in [5.74, 6) is -0.00855. The summed E-state index contributed by atoms with van der Waals surface area (Å²) >= 11 is 6.06. The Bertz CT molecular complexity index is 1290. The van der Waals surface area contributed by atoms with Crippen molar-refractivity contribution in [2.24, 2.45) is 0 Å². The van der Waals surface area contributed by atoms with Gasteiger partial charge in [-0.3, -0.25) is 0 Å². The van der Waals surface area contributed by atoms with E-state index in [1.165, 1.54) is 5.56 Å². The topological polar surface area (TPSA) is 68.5 Å². The summed E-state index contributed by atoms with van der Waals surface area (Å²) in [5, 5.41) is 9.08. The van der Waals surface area contributed by atoms with Gasteiger partial charge in [-0.1, -0.05) is 76.9 Å². The van der Waals surface area contributed by atoms with Crippen LogP contribution in [0.25, 0.3) is 12.2 Å². The van der Waals surface area contributed by atoms with Gasteiger partial charge in [0.25, 0.3) is 0 Å². The predicted octanol–water partition coefficient (Wildman–Crippen LogP) is 6.45. The second kappa shape index (κ2) is 11.5. The van der Waals surface area contributed by atoms with Gasteiger partial charge in [-0.15, -0.1) is 5.10 Å². The smallest absolute Gasteiger partial charge is 0.338 e. The van der Waals surface area contributed by atoms with Crippen LogP contribution in [0, 0.1) is 6.92 Å². The van der Waals surface area contributed by atoms with E-state index in [4.69, 9.17) is 20.8 Å². The minimum absolute atomic E-state index is 0.162. The Morgan fingerprint density at radius 2 is 1.80 bits per heavy atom. The van der Waals surface area contributed by atoms with Crippen LogP contribution >= 0.6 is 11.6 Å². The van der Waals surface area contributed by atoms with Gasteiger partial charge in [-0.05, 0) is 55.3 Å². The van der Waals surface area contributed by atoms with E-state index in [9.17, 15) is 4.79 Å². The van der Waals surface area contributed by atoms with Crippen molar-refractivity contribution in [3.05, 3.63) is 112 Å². The van der Waals surface area contributed by atoms with E-state index in [1.807, 2.05) is 55.2 Å². The fraction of sp³-hybridized carbons (Fsp3) is 0.179. The van der Waals surface area contributed by atoms with E-state index < -0.39 is 0 Å². The molecule has 0 spiro atoms. The van der Waals surface area contributed by atoms with Crippen LogP contribution in [-0.4, -0.2) is 28.8 Å². The molecule has 0 radical (unpaired) electrons. The molecule has 1 atom stereocenters. The zero-order valence-electron chi connectivity index (χ0n) is 19.6. The van der Waals surface area contributed by atoms with Gasteiger partial charge in [0.1, 0.15) is 6.61 Å². The summed E-state index contributed by atoms with van der Waals surface area (Å²) < 4.78 is 11.5. The van der Waals surface area contributed by atoms with Crippen LogP contribution in [0.3, 0.4) is 0 Å². The molecular weight excluding hydrogens is 462 g/mol. The number of anilines is 1. The number of carbonyl (C=O) groups is 1. The van der Waals surface area contributed by atoms with Crippen molar-refractivity contribution in [1.82, 2.24) is 10.2 Å². The number of rotatable bonds is 9. The highest BCUT2D eigenvalue weighted by Gasteiger charge is 2.22. The molecule has 0 saturated carbocycles. The average molecular weight is 488 g/mol. The number of ether oxygens (including phenoxy) is 1. The lowest BCUT2D eigenvalue weighted by Gasteiger charge is -2.27. The minimum atomic E-state index is -0.372. The number of hydrogen-bond acceptors (Lipinski definition) is 6. The van der Waals surface area contributed by atoms with Gasteiger partial charge in [-0.25, -0.2) is 4.79 Å². The van der Waals surface area contributed by atoms with Crippen molar-refractivity contribution in [3.8, 4) is 0 Å². The Morgan fingerprint density at radius 3 is 2.54 bits per heavy atom. The van der Waals surface area contributed by atoms with Gasteiger partial charge in [0, 0.05) is 17.6 Å². The molecule has 3 aromatic carbocycles. The van der Waals surface area contributed by atoms with Crippen LogP contribution in [0.2, 0.25) is 5.02 Å². The third-order valence-electron chi connectivity index (χ3n) is 5.41. The second-order valence-corrected chi connectivity index (χ2v) is 8.67. The van der Waals surface area contributed by atoms with Crippen molar-refractivity contribution in [3.63, 3.8) is 0 Å². The van der Waals surface area contributed by atoms with Gasteiger partial charge in [0.15, 0.2) is 0 Å². The molecule has 1 heterocycles. The number of benzene rings is 3. The summed E-state index contributed by atoms with van der Waals surface area (Å²) in [4.78, 5) is 14.4. The number of hydrogen-bond donors (Lipinski definition) is 0. The van der Waals surface area contributed by atoms with Crippen LogP contribution in [0.15, 0.2) is 83.3 Å². The van der Waals surface area contributed by atoms with E-state index in [2.05, 4.69) is 34.5 Å². The summed E-state index contributed by atoms with van der Waals surface area (Å²) in [7, 11) is 0. The van der Waals surface area contributed by atoms with E-state index in [0.29, 0.717) is 29.0 Å². The lowest BCUT2D eigenvalue weighted by Crippen LogP contribution is -2.37. The van der Waals surface area contributed by atoms with Crippen molar-refractivity contribution in [2.75, 3.05) is 11.5 Å². The van der Waals surface area contributed by atoms with Gasteiger partial charge >= 0.3 is 12.0 Å². The molecule has 35 heavy (non-hydrogen) atoms. The molecule has 6 nitrogen and oxygen atoms in total. The molecule has 0 amide bonds. The first-order valence-corrected chi connectivity index (χ1v) is 11.7. The number of halogens is 1. The molecule has 4 rings (SSSR count). The van der Waals surface area contributed by atoms with Crippen molar-refractivity contribution >= 4 is 35.7 Å². The fourth-order valence-electron chi connectivity index (χ4n) is 3.43. The maximum Gasteiger partial charge on any atom is 0.338 e. The highest BCUT2D eigenvalue weighted by Crippen LogP contribution is 2.21. The van der Waals surface area contributed by atoms with Crippen LogP contribution in [0.1, 0.15) is 39.9 Å². The SMILES string of the molecule is Cc1ccc(CN(c2nnc(/C=C/c3cccc(Cl)c3)o2)C(C)COC(=O)c2ccccc2)cc1. The van der Waals surface area contributed by atoms with Gasteiger partial charge in [0.2, 0.25) is 5.89 Å². The molecule has 0 fully saturated rings. The third-order valence-corrected chi connectivity index (χ3v) is 5.65. The number of aromatic nitrogens is 2. The first-order chi connectivity index (χ1) is 17.0. The average Bonchev–Trinajstić information content (AvgIpc) is 3.35. The number of esters is 1. The third kappa shape index (κ3) is 6.80. The van der Waals surface area contributed by atoms with E-state index in [1.54, 1.807) is 30.3 Å². The van der Waals surface area contributed by atoms with Gasteiger partial charge in [0.05, 0.1) is 11.6 Å². The maximum absolute atomic E-state index is 12.4. The Hall–Kier alpha value is -3.90. The number of nitrogens with zero attached hydrogens (tertiary/aromatic N) is 3. The van der Waals surface area contributed by atoms with Crippen LogP contribution < -0.4 is 4.90 Å². The first kappa shape index (κ1) is 24.2. The molecule has 1 aromatic heterocycles. The lowest BCUT2D eigenvalue weighted by molar-refractivity contribution is 0.0482. The van der Waals surface area contributed by atoms with Gasteiger partial charge in [-0.2, -0.15) is 0 Å². The zero-order valence-corrected chi connectivity index (χ0v) is 20.4. The van der Waals surface area contributed by atoms with Gasteiger partial charge < -0.3 is 14.1 Å². The molecule has 0 aliphatic rings. The first-order valence-electron chi connectivity index (χ1n) is 11.3. The van der Waals surface area contributed by atoms with E-state index in [-0.39, 0.29) is 18.6 Å². The summed E-state index contributed by atoms with van der Waals surface area (Å²) in [5.41, 5.74) is 3.69. The molecule has 0 saturated heterocycles. The molecule has 1 unspecified atom stereocenters. The Balaban J connectivity index is 1.51. The molecule has 7 heteroatoms. The zero-order chi connectivity index (χ0) is 24.6. The Morgan fingerprint density at radius 1 is 1.03 bits per heavy atom. The predicted molar refractivity (Wildman–Crippen MR) is 138 cm³/mol. The Labute approximate surface area is 209 Å². The van der Waals surface area contributed by atoms with Crippen molar-refractivity contribution in [2.45, 2.75) is 26.4 Å². The molecule has 4 aromatic rings. The van der Waals surface area contributed by atoms with Crippen LogP contribution in [-0.2, 0) is 11.3 Å². The molecule has 178 valence electrons. The van der Waals surface area contributed by atoms with Crippen molar-refractivity contribution < 1.29 is 13.9 Å². The molecule has 0 bridgehead atoms. The van der Waals surface area contributed by atoms with Crippen LogP contribution in [0.4, 0.5) is 6.01 Å². The van der Waals surface area contributed by atoms with Crippen LogP contribution in [0.5, 0.6) is 0 Å². The highest BCUT2D eigenvalue weighted by atomic mass is 35.5. The minimum Gasteiger partial charge on any atom is -0.460 e. The second-order valence-electron chi connectivity index (χ2n) is 8.24. The molecule has 0 aliphatic carbocycles. The standard InChI is InChI=1S/C28H26ClN3O3/c1-20-11-13-23(14-12-20)18-32(21(2)19-34-27(33)24-8-4-3-5-9-24)28-31-30-26(35-28)16-15-22-7-6-10-25(29)17-22/h3-17,21H,18-19H2,1-2H3/b16-15+. The van der Waals surface area contributed by atoms with E-state index >= 15 is 0 Å². The lowest BCUT2D eigenvalue weighted by atomic mass is 10.1. The summed E-state index contributed by atoms with van der Waals surface area (Å²) in [6, 6.07) is 24.8. The summed E-state index contributed by atoms with van der Waals surface area (Å²) in [6.45, 7) is 4.68. The molecule has 0 N–H and O–H groups in total. The van der Waals surface area contributed by atoms with E-state index in [0.717, 1.165) is 11.1 Å². The molecule has 0 aliphatic heterocycles. The molecular formula is C28H26ClN3O3. The number of carbonyl (C=O) groups excluding carboxylic acids is 1. The largest absolute Gasteiger partial charge is 0.460 e. The maximum atomic E-state index is 12.4. The number of aryl methyl sites for hydroxylation is 1. The van der Waals surface area contributed by atoms with Crippen molar-refractivity contribution in [1.29, 1.82) is 0 Å². The highest BCUT2D eigenvalue weighted by molar-refractivity contribution is 6.30. The summed E-state index contributed by atoms with van der Waals surface area (Å²) in [6.07, 6.45) is 3.60. The normalized spacial score (nSPS) is 12.0. The Kier molecular flexibility index (Phi) is 7.95. The quantitative estimate of drug-likeness (QED) is 0.252. The monoisotopic (exact) mass is 487 g/mol.